The van der Waals surface area contributed by atoms with Gasteiger partial charge < -0.3 is 14.8 Å². The van der Waals surface area contributed by atoms with Gasteiger partial charge >= 0.3 is 0 Å². The van der Waals surface area contributed by atoms with Gasteiger partial charge in [-0.3, -0.25) is 4.79 Å². The number of carbonyl (C=O) groups is 1. The Labute approximate surface area is 122 Å². The SMILES string of the molecule is COc1ccc(NC(=O)COc2cc(C)ccc2F)cc1. The van der Waals surface area contributed by atoms with Gasteiger partial charge in [0, 0.05) is 5.69 Å². The molecule has 0 saturated carbocycles. The molecule has 0 aliphatic rings. The Morgan fingerprint density at radius 2 is 1.90 bits per heavy atom. The van der Waals surface area contributed by atoms with E-state index in [2.05, 4.69) is 5.32 Å². The molecule has 0 aliphatic heterocycles. The molecule has 0 spiro atoms. The molecule has 1 N–H and O–H groups in total. The number of rotatable bonds is 5. The number of ether oxygens (including phenoxy) is 2. The predicted molar refractivity (Wildman–Crippen MR) is 78.3 cm³/mol. The molecule has 0 atom stereocenters. The van der Waals surface area contributed by atoms with Gasteiger partial charge in [-0.15, -0.1) is 0 Å². The maximum Gasteiger partial charge on any atom is 0.262 e. The van der Waals surface area contributed by atoms with Crippen LogP contribution in [0.4, 0.5) is 10.1 Å². The van der Waals surface area contributed by atoms with E-state index in [1.54, 1.807) is 43.5 Å². The van der Waals surface area contributed by atoms with Gasteiger partial charge in [-0.25, -0.2) is 4.39 Å². The van der Waals surface area contributed by atoms with Gasteiger partial charge in [0.1, 0.15) is 5.75 Å². The number of halogens is 1. The highest BCUT2D eigenvalue weighted by Gasteiger charge is 2.07. The van der Waals surface area contributed by atoms with Crippen LogP contribution in [0, 0.1) is 12.7 Å². The summed E-state index contributed by atoms with van der Waals surface area (Å²) in [4.78, 5) is 11.7. The van der Waals surface area contributed by atoms with Gasteiger partial charge in [-0.1, -0.05) is 6.07 Å². The normalized spacial score (nSPS) is 10.0. The molecule has 0 radical (unpaired) electrons. The van der Waals surface area contributed by atoms with Crippen LogP contribution in [-0.4, -0.2) is 19.6 Å². The molecule has 0 unspecified atom stereocenters. The Hall–Kier alpha value is -2.56. The first-order valence-corrected chi connectivity index (χ1v) is 6.41. The molecule has 0 fully saturated rings. The van der Waals surface area contributed by atoms with Crippen LogP contribution in [-0.2, 0) is 4.79 Å². The second kappa shape index (κ2) is 6.74. The quantitative estimate of drug-likeness (QED) is 0.919. The number of benzene rings is 2. The molecule has 0 saturated heterocycles. The first-order chi connectivity index (χ1) is 10.1. The number of amides is 1. The lowest BCUT2D eigenvalue weighted by molar-refractivity contribution is -0.118. The fourth-order valence-electron chi connectivity index (χ4n) is 1.74. The molecule has 2 aromatic rings. The van der Waals surface area contributed by atoms with Crippen molar-refractivity contribution in [3.05, 3.63) is 53.8 Å². The highest BCUT2D eigenvalue weighted by atomic mass is 19.1. The van der Waals surface area contributed by atoms with Crippen LogP contribution >= 0.6 is 0 Å². The largest absolute Gasteiger partial charge is 0.497 e. The molecular weight excluding hydrogens is 273 g/mol. The smallest absolute Gasteiger partial charge is 0.262 e. The third-order valence-electron chi connectivity index (χ3n) is 2.82. The minimum Gasteiger partial charge on any atom is -0.497 e. The van der Waals surface area contributed by atoms with Crippen LogP contribution in [0.5, 0.6) is 11.5 Å². The summed E-state index contributed by atoms with van der Waals surface area (Å²) in [5, 5.41) is 2.66. The zero-order chi connectivity index (χ0) is 15.2. The summed E-state index contributed by atoms with van der Waals surface area (Å²) in [7, 11) is 1.57. The maximum atomic E-state index is 13.5. The Morgan fingerprint density at radius 1 is 1.19 bits per heavy atom. The summed E-state index contributed by atoms with van der Waals surface area (Å²) in [6.45, 7) is 1.57. The first kappa shape index (κ1) is 14.8. The van der Waals surface area contributed by atoms with E-state index in [0.29, 0.717) is 11.4 Å². The zero-order valence-electron chi connectivity index (χ0n) is 11.9. The van der Waals surface area contributed by atoms with E-state index in [0.717, 1.165) is 5.56 Å². The lowest BCUT2D eigenvalue weighted by Crippen LogP contribution is -2.20. The molecule has 1 amide bonds. The van der Waals surface area contributed by atoms with Gasteiger partial charge in [0.2, 0.25) is 0 Å². The number of methoxy groups -OCH3 is 1. The molecule has 2 rings (SSSR count). The van der Waals surface area contributed by atoms with Crippen LogP contribution in [0.25, 0.3) is 0 Å². The number of nitrogens with one attached hydrogen (secondary N) is 1. The van der Waals surface area contributed by atoms with Gasteiger partial charge in [-0.2, -0.15) is 0 Å². The van der Waals surface area contributed by atoms with Gasteiger partial charge in [0.15, 0.2) is 18.2 Å². The highest BCUT2D eigenvalue weighted by Crippen LogP contribution is 2.18. The van der Waals surface area contributed by atoms with Crippen LogP contribution in [0.1, 0.15) is 5.56 Å². The second-order valence-corrected chi connectivity index (χ2v) is 4.50. The summed E-state index contributed by atoms with van der Waals surface area (Å²) < 4.78 is 23.7. The summed E-state index contributed by atoms with van der Waals surface area (Å²) in [5.41, 5.74) is 1.48. The topological polar surface area (TPSA) is 47.6 Å². The van der Waals surface area contributed by atoms with Gasteiger partial charge in [0.05, 0.1) is 7.11 Å². The Bertz CT molecular complexity index is 626. The van der Waals surface area contributed by atoms with Crippen LogP contribution in [0.3, 0.4) is 0 Å². The molecule has 110 valence electrons. The van der Waals surface area contributed by atoms with E-state index in [9.17, 15) is 9.18 Å². The zero-order valence-corrected chi connectivity index (χ0v) is 11.9. The fourth-order valence-corrected chi connectivity index (χ4v) is 1.74. The van der Waals surface area contributed by atoms with Crippen molar-refractivity contribution in [3.63, 3.8) is 0 Å². The second-order valence-electron chi connectivity index (χ2n) is 4.50. The summed E-state index contributed by atoms with van der Waals surface area (Å²) in [5.74, 6) is -0.0788. The molecule has 0 bridgehead atoms. The number of anilines is 1. The molecule has 0 aliphatic carbocycles. The molecule has 2 aromatic carbocycles. The molecule has 0 heterocycles. The highest BCUT2D eigenvalue weighted by molar-refractivity contribution is 5.91. The molecule has 0 aromatic heterocycles. The van der Waals surface area contributed by atoms with Gasteiger partial charge in [-0.05, 0) is 48.9 Å². The molecular formula is C16H16FNO3. The van der Waals surface area contributed by atoms with Crippen LogP contribution in [0.2, 0.25) is 0 Å². The average molecular weight is 289 g/mol. The van der Waals surface area contributed by atoms with E-state index >= 15 is 0 Å². The average Bonchev–Trinajstić information content (AvgIpc) is 2.49. The van der Waals surface area contributed by atoms with E-state index < -0.39 is 5.82 Å². The minimum atomic E-state index is -0.488. The first-order valence-electron chi connectivity index (χ1n) is 6.41. The van der Waals surface area contributed by atoms with E-state index in [1.807, 2.05) is 6.92 Å². The summed E-state index contributed by atoms with van der Waals surface area (Å²) in [6, 6.07) is 11.4. The monoisotopic (exact) mass is 289 g/mol. The van der Waals surface area contributed by atoms with E-state index in [-0.39, 0.29) is 18.3 Å². The Kier molecular flexibility index (Phi) is 4.77. The van der Waals surface area contributed by atoms with Crippen molar-refractivity contribution in [2.24, 2.45) is 0 Å². The van der Waals surface area contributed by atoms with Crippen molar-refractivity contribution in [1.82, 2.24) is 0 Å². The number of hydrogen-bond acceptors (Lipinski definition) is 3. The van der Waals surface area contributed by atoms with Crippen LogP contribution in [0.15, 0.2) is 42.5 Å². The van der Waals surface area contributed by atoms with Gasteiger partial charge in [0.25, 0.3) is 5.91 Å². The van der Waals surface area contributed by atoms with Crippen molar-refractivity contribution in [3.8, 4) is 11.5 Å². The number of hydrogen-bond donors (Lipinski definition) is 1. The molecule has 4 nitrogen and oxygen atoms in total. The molecule has 21 heavy (non-hydrogen) atoms. The Balaban J connectivity index is 1.91. The van der Waals surface area contributed by atoms with E-state index in [1.165, 1.54) is 6.07 Å². The van der Waals surface area contributed by atoms with Crippen molar-refractivity contribution in [2.75, 3.05) is 19.0 Å². The van der Waals surface area contributed by atoms with Crippen LogP contribution < -0.4 is 14.8 Å². The Morgan fingerprint density at radius 3 is 2.57 bits per heavy atom. The third-order valence-corrected chi connectivity index (χ3v) is 2.82. The fraction of sp³-hybridized carbons (Fsp3) is 0.188. The number of aryl methyl sites for hydroxylation is 1. The van der Waals surface area contributed by atoms with Crippen molar-refractivity contribution < 1.29 is 18.7 Å². The standard InChI is InChI=1S/C16H16FNO3/c1-11-3-8-14(17)15(9-11)21-10-16(19)18-12-4-6-13(20-2)7-5-12/h3-9H,10H2,1-2H3,(H,18,19). The maximum absolute atomic E-state index is 13.5. The molecule has 5 heteroatoms. The van der Waals surface area contributed by atoms with E-state index in [4.69, 9.17) is 9.47 Å². The minimum absolute atomic E-state index is 0.0693. The van der Waals surface area contributed by atoms with Crippen molar-refractivity contribution in [2.45, 2.75) is 6.92 Å². The third kappa shape index (κ3) is 4.21. The lowest BCUT2D eigenvalue weighted by Gasteiger charge is -2.09. The predicted octanol–water partition coefficient (Wildman–Crippen LogP) is 3.16. The lowest BCUT2D eigenvalue weighted by atomic mass is 10.2. The number of carbonyl (C=O) groups excluding carboxylic acids is 1. The van der Waals surface area contributed by atoms with Crippen molar-refractivity contribution in [1.29, 1.82) is 0 Å². The van der Waals surface area contributed by atoms with Crippen molar-refractivity contribution >= 4 is 11.6 Å². The summed E-state index contributed by atoms with van der Waals surface area (Å²) in [6.07, 6.45) is 0. The summed E-state index contributed by atoms with van der Waals surface area (Å²) >= 11 is 0.